The fourth-order valence-electron chi connectivity index (χ4n) is 2.63. The van der Waals surface area contributed by atoms with E-state index in [1.165, 1.54) is 0 Å². The van der Waals surface area contributed by atoms with Crippen LogP contribution in [0, 0.1) is 0 Å². The topological polar surface area (TPSA) is 38.3 Å². The third-order valence-corrected chi connectivity index (χ3v) is 4.22. The SMILES string of the molecule is CCc1cccc(CC)c1NC(=O)[C@@H](CC)Oc1cccc(Cl)c1. The molecule has 4 heteroatoms. The van der Waals surface area contributed by atoms with Crippen molar-refractivity contribution < 1.29 is 9.53 Å². The number of aryl methyl sites for hydroxylation is 2. The number of benzene rings is 2. The number of anilines is 1. The van der Waals surface area contributed by atoms with Gasteiger partial charge in [-0.3, -0.25) is 4.79 Å². The second-order valence-electron chi connectivity index (χ2n) is 5.62. The minimum atomic E-state index is -0.557. The predicted molar refractivity (Wildman–Crippen MR) is 100.0 cm³/mol. The monoisotopic (exact) mass is 345 g/mol. The predicted octanol–water partition coefficient (Wildman–Crippen LogP) is 5.26. The molecule has 0 radical (unpaired) electrons. The maximum atomic E-state index is 12.7. The first-order valence-electron chi connectivity index (χ1n) is 8.42. The first-order valence-corrected chi connectivity index (χ1v) is 8.80. The first-order chi connectivity index (χ1) is 11.6. The summed E-state index contributed by atoms with van der Waals surface area (Å²) in [5.41, 5.74) is 3.20. The Morgan fingerprint density at radius 2 is 1.71 bits per heavy atom. The van der Waals surface area contributed by atoms with Crippen molar-refractivity contribution in [2.24, 2.45) is 0 Å². The molecular weight excluding hydrogens is 322 g/mol. The van der Waals surface area contributed by atoms with Crippen LogP contribution < -0.4 is 10.1 Å². The van der Waals surface area contributed by atoms with Crippen LogP contribution in [0.2, 0.25) is 5.02 Å². The number of hydrogen-bond donors (Lipinski definition) is 1. The van der Waals surface area contributed by atoms with Crippen LogP contribution in [0.3, 0.4) is 0 Å². The average Bonchev–Trinajstić information content (AvgIpc) is 2.59. The minimum Gasteiger partial charge on any atom is -0.481 e. The number of nitrogens with one attached hydrogen (secondary N) is 1. The molecule has 2 aromatic carbocycles. The lowest BCUT2D eigenvalue weighted by Gasteiger charge is -2.20. The van der Waals surface area contributed by atoms with Crippen LogP contribution in [-0.2, 0) is 17.6 Å². The molecule has 0 spiro atoms. The summed E-state index contributed by atoms with van der Waals surface area (Å²) in [6, 6.07) is 13.2. The largest absolute Gasteiger partial charge is 0.481 e. The van der Waals surface area contributed by atoms with Gasteiger partial charge in [-0.2, -0.15) is 0 Å². The van der Waals surface area contributed by atoms with Crippen molar-refractivity contribution in [3.05, 3.63) is 58.6 Å². The summed E-state index contributed by atoms with van der Waals surface area (Å²) in [7, 11) is 0. The summed E-state index contributed by atoms with van der Waals surface area (Å²) < 4.78 is 5.83. The van der Waals surface area contributed by atoms with E-state index >= 15 is 0 Å². The van der Waals surface area contributed by atoms with Crippen molar-refractivity contribution in [2.45, 2.75) is 46.1 Å². The minimum absolute atomic E-state index is 0.131. The highest BCUT2D eigenvalue weighted by Crippen LogP contribution is 2.24. The van der Waals surface area contributed by atoms with Crippen molar-refractivity contribution >= 4 is 23.2 Å². The Morgan fingerprint density at radius 3 is 2.25 bits per heavy atom. The Balaban J connectivity index is 2.18. The van der Waals surface area contributed by atoms with E-state index in [0.717, 1.165) is 29.7 Å². The van der Waals surface area contributed by atoms with Gasteiger partial charge < -0.3 is 10.1 Å². The van der Waals surface area contributed by atoms with Crippen molar-refractivity contribution in [3.8, 4) is 5.75 Å². The van der Waals surface area contributed by atoms with E-state index in [9.17, 15) is 4.79 Å². The van der Waals surface area contributed by atoms with Gasteiger partial charge in [0.1, 0.15) is 5.75 Å². The molecule has 1 amide bonds. The molecule has 1 atom stereocenters. The summed E-state index contributed by atoms with van der Waals surface area (Å²) in [4.78, 5) is 12.7. The quantitative estimate of drug-likeness (QED) is 0.743. The molecule has 0 saturated heterocycles. The Bertz CT molecular complexity index is 678. The maximum absolute atomic E-state index is 12.7. The fourth-order valence-corrected chi connectivity index (χ4v) is 2.81. The molecule has 2 aromatic rings. The zero-order valence-electron chi connectivity index (χ0n) is 14.4. The summed E-state index contributed by atoms with van der Waals surface area (Å²) >= 11 is 5.98. The highest BCUT2D eigenvalue weighted by molar-refractivity contribution is 6.30. The number of amides is 1. The molecule has 0 aliphatic heterocycles. The van der Waals surface area contributed by atoms with Gasteiger partial charge in [0.2, 0.25) is 0 Å². The van der Waals surface area contributed by atoms with Crippen LogP contribution >= 0.6 is 11.6 Å². The molecule has 0 heterocycles. The summed E-state index contributed by atoms with van der Waals surface area (Å²) in [6.45, 7) is 6.11. The molecule has 0 unspecified atom stereocenters. The maximum Gasteiger partial charge on any atom is 0.265 e. The third-order valence-electron chi connectivity index (χ3n) is 3.98. The van der Waals surface area contributed by atoms with E-state index in [-0.39, 0.29) is 5.91 Å². The number of hydrogen-bond acceptors (Lipinski definition) is 2. The van der Waals surface area contributed by atoms with Gasteiger partial charge in [-0.05, 0) is 48.6 Å². The molecule has 24 heavy (non-hydrogen) atoms. The van der Waals surface area contributed by atoms with Crippen LogP contribution in [0.15, 0.2) is 42.5 Å². The van der Waals surface area contributed by atoms with Gasteiger partial charge in [0.15, 0.2) is 6.10 Å². The number of halogens is 1. The van der Waals surface area contributed by atoms with E-state index in [1.54, 1.807) is 18.2 Å². The van der Waals surface area contributed by atoms with Gasteiger partial charge in [-0.1, -0.05) is 56.6 Å². The second-order valence-corrected chi connectivity index (χ2v) is 6.06. The summed E-state index contributed by atoms with van der Waals surface area (Å²) in [5, 5.41) is 3.66. The molecular formula is C20H24ClNO2. The van der Waals surface area contributed by atoms with Crippen LogP contribution in [0.4, 0.5) is 5.69 Å². The van der Waals surface area contributed by atoms with E-state index in [1.807, 2.05) is 31.2 Å². The van der Waals surface area contributed by atoms with Gasteiger partial charge >= 0.3 is 0 Å². The lowest BCUT2D eigenvalue weighted by molar-refractivity contribution is -0.122. The Morgan fingerprint density at radius 1 is 1.08 bits per heavy atom. The number of para-hydroxylation sites is 1. The Kier molecular flexibility index (Phi) is 6.68. The van der Waals surface area contributed by atoms with E-state index < -0.39 is 6.10 Å². The lowest BCUT2D eigenvalue weighted by Crippen LogP contribution is -2.33. The van der Waals surface area contributed by atoms with E-state index in [2.05, 4.69) is 19.2 Å². The fraction of sp³-hybridized carbons (Fsp3) is 0.350. The number of carbonyl (C=O) groups is 1. The van der Waals surface area contributed by atoms with Crippen LogP contribution in [0.1, 0.15) is 38.3 Å². The van der Waals surface area contributed by atoms with Crippen LogP contribution in [0.5, 0.6) is 5.75 Å². The van der Waals surface area contributed by atoms with E-state index in [4.69, 9.17) is 16.3 Å². The van der Waals surface area contributed by atoms with Crippen LogP contribution in [-0.4, -0.2) is 12.0 Å². The molecule has 0 aromatic heterocycles. The molecule has 2 rings (SSSR count). The highest BCUT2D eigenvalue weighted by Gasteiger charge is 2.20. The van der Waals surface area contributed by atoms with Gasteiger partial charge in [-0.25, -0.2) is 0 Å². The number of rotatable bonds is 7. The molecule has 0 aliphatic carbocycles. The Labute approximate surface area is 149 Å². The smallest absolute Gasteiger partial charge is 0.265 e. The molecule has 0 fully saturated rings. The Hall–Kier alpha value is -2.00. The van der Waals surface area contributed by atoms with Crippen molar-refractivity contribution in [2.75, 3.05) is 5.32 Å². The van der Waals surface area contributed by atoms with Crippen molar-refractivity contribution in [1.82, 2.24) is 0 Å². The molecule has 3 nitrogen and oxygen atoms in total. The van der Waals surface area contributed by atoms with Gasteiger partial charge in [-0.15, -0.1) is 0 Å². The zero-order chi connectivity index (χ0) is 17.5. The number of ether oxygens (including phenoxy) is 1. The van der Waals surface area contributed by atoms with E-state index in [0.29, 0.717) is 17.2 Å². The van der Waals surface area contributed by atoms with Crippen molar-refractivity contribution in [3.63, 3.8) is 0 Å². The molecule has 0 saturated carbocycles. The normalized spacial score (nSPS) is 11.8. The van der Waals surface area contributed by atoms with Gasteiger partial charge in [0, 0.05) is 10.7 Å². The first kappa shape index (κ1) is 18.3. The average molecular weight is 346 g/mol. The molecule has 0 aliphatic rings. The second kappa shape index (κ2) is 8.74. The molecule has 128 valence electrons. The summed E-state index contributed by atoms with van der Waals surface area (Å²) in [6.07, 6.45) is 1.76. The van der Waals surface area contributed by atoms with Gasteiger partial charge in [0.05, 0.1) is 0 Å². The van der Waals surface area contributed by atoms with Gasteiger partial charge in [0.25, 0.3) is 5.91 Å². The zero-order valence-corrected chi connectivity index (χ0v) is 15.2. The lowest BCUT2D eigenvalue weighted by atomic mass is 10.0. The van der Waals surface area contributed by atoms with Crippen molar-refractivity contribution in [1.29, 1.82) is 0 Å². The highest BCUT2D eigenvalue weighted by atomic mass is 35.5. The molecule has 1 N–H and O–H groups in total. The standard InChI is InChI=1S/C20H24ClNO2/c1-4-14-9-7-10-15(5-2)19(14)22-20(23)18(6-3)24-17-12-8-11-16(21)13-17/h7-13,18H,4-6H2,1-3H3,(H,22,23)/t18-/m1/s1. The molecule has 0 bridgehead atoms. The summed E-state index contributed by atoms with van der Waals surface area (Å²) in [5.74, 6) is 0.470. The number of carbonyl (C=O) groups excluding carboxylic acids is 1. The third kappa shape index (κ3) is 4.51. The van der Waals surface area contributed by atoms with Crippen LogP contribution in [0.25, 0.3) is 0 Å².